The van der Waals surface area contributed by atoms with Crippen molar-refractivity contribution >= 4 is 0 Å². The second-order valence-electron chi connectivity index (χ2n) is 5.09. The minimum absolute atomic E-state index is 0.588. The maximum atomic E-state index is 4.17. The molecule has 88 valence electrons. The molecule has 1 aromatic heterocycles. The number of nitrogens with zero attached hydrogens (tertiary/aromatic N) is 5. The predicted molar refractivity (Wildman–Crippen MR) is 59.8 cm³/mol. The summed E-state index contributed by atoms with van der Waals surface area (Å²) in [7, 11) is 0. The van der Waals surface area contributed by atoms with Crippen LogP contribution in [0.25, 0.3) is 0 Å². The van der Waals surface area contributed by atoms with Crippen molar-refractivity contribution < 1.29 is 0 Å². The molecule has 3 rings (SSSR count). The van der Waals surface area contributed by atoms with E-state index >= 15 is 0 Å². The van der Waals surface area contributed by atoms with Crippen molar-refractivity contribution in [2.24, 2.45) is 0 Å². The number of hydrogen-bond acceptors (Lipinski definition) is 4. The summed E-state index contributed by atoms with van der Waals surface area (Å²) in [6, 6.07) is 1.27. The Kier molecular flexibility index (Phi) is 2.63. The zero-order valence-electron chi connectivity index (χ0n) is 9.84. The second kappa shape index (κ2) is 4.13. The van der Waals surface area contributed by atoms with Crippen molar-refractivity contribution in [1.82, 2.24) is 25.1 Å². The Morgan fingerprint density at radius 1 is 1.25 bits per heavy atom. The fourth-order valence-electron chi connectivity index (χ4n) is 2.49. The third kappa shape index (κ3) is 1.96. The first-order chi connectivity index (χ1) is 7.84. The molecule has 5 nitrogen and oxygen atoms in total. The van der Waals surface area contributed by atoms with E-state index in [9.17, 15) is 0 Å². The topological polar surface area (TPSA) is 46.8 Å². The second-order valence-corrected chi connectivity index (χ2v) is 5.09. The molecule has 0 amide bonds. The van der Waals surface area contributed by atoms with Crippen LogP contribution in [0, 0.1) is 0 Å². The maximum absolute atomic E-state index is 4.17. The van der Waals surface area contributed by atoms with Gasteiger partial charge in [0.2, 0.25) is 0 Å². The molecule has 0 spiro atoms. The largest absolute Gasteiger partial charge is 0.293 e. The number of piperidine rings is 1. The van der Waals surface area contributed by atoms with E-state index in [0.29, 0.717) is 12.1 Å². The predicted octanol–water partition coefficient (Wildman–Crippen LogP) is 1.38. The van der Waals surface area contributed by atoms with Crippen molar-refractivity contribution in [1.29, 1.82) is 0 Å². The van der Waals surface area contributed by atoms with Gasteiger partial charge in [-0.3, -0.25) is 4.90 Å². The fraction of sp³-hybridized carbons (Fsp3) is 0.909. The Bertz CT molecular complexity index is 357. The van der Waals surface area contributed by atoms with Gasteiger partial charge in [-0.1, -0.05) is 6.42 Å². The lowest BCUT2D eigenvalue weighted by Crippen LogP contribution is -2.37. The Morgan fingerprint density at radius 3 is 2.88 bits per heavy atom. The number of rotatable bonds is 3. The molecule has 2 heterocycles. The van der Waals surface area contributed by atoms with E-state index < -0.39 is 0 Å². The van der Waals surface area contributed by atoms with E-state index in [1.54, 1.807) is 0 Å². The SMILES string of the molecule is C[C@H]1CCCCN1Cc1nnnn1C1CC1. The molecule has 16 heavy (non-hydrogen) atoms. The number of hydrogen-bond donors (Lipinski definition) is 0. The third-order valence-electron chi connectivity index (χ3n) is 3.74. The molecule has 2 aliphatic rings. The van der Waals surface area contributed by atoms with Crippen molar-refractivity contribution in [3.8, 4) is 0 Å². The maximum Gasteiger partial charge on any atom is 0.165 e. The Morgan fingerprint density at radius 2 is 2.12 bits per heavy atom. The Labute approximate surface area is 95.8 Å². The summed E-state index contributed by atoms with van der Waals surface area (Å²) in [6.07, 6.45) is 6.48. The van der Waals surface area contributed by atoms with Gasteiger partial charge in [-0.25, -0.2) is 4.68 Å². The van der Waals surface area contributed by atoms with E-state index in [-0.39, 0.29) is 0 Å². The first-order valence-electron chi connectivity index (χ1n) is 6.35. The smallest absolute Gasteiger partial charge is 0.165 e. The van der Waals surface area contributed by atoms with Crippen LogP contribution in [0.3, 0.4) is 0 Å². The minimum Gasteiger partial charge on any atom is -0.293 e. The molecule has 1 aliphatic heterocycles. The standard InChI is InChI=1S/C11H19N5/c1-9-4-2-3-7-15(9)8-11-12-13-14-16(11)10-5-6-10/h9-10H,2-8H2,1H3/t9-/m0/s1. The molecule has 1 aliphatic carbocycles. The summed E-state index contributed by atoms with van der Waals surface area (Å²) in [5, 5.41) is 12.1. The molecule has 2 fully saturated rings. The van der Waals surface area contributed by atoms with Gasteiger partial charge in [-0.2, -0.15) is 0 Å². The molecule has 0 radical (unpaired) electrons. The van der Waals surface area contributed by atoms with Crippen LogP contribution in [0.2, 0.25) is 0 Å². The number of aromatic nitrogens is 4. The van der Waals surface area contributed by atoms with Crippen LogP contribution in [0.4, 0.5) is 0 Å². The summed E-state index contributed by atoms with van der Waals surface area (Å²) in [5.41, 5.74) is 0. The molecule has 1 atom stereocenters. The van der Waals surface area contributed by atoms with E-state index in [1.807, 2.05) is 4.68 Å². The lowest BCUT2D eigenvalue weighted by Gasteiger charge is -2.32. The Hall–Kier alpha value is -0.970. The van der Waals surface area contributed by atoms with Crippen LogP contribution >= 0.6 is 0 Å². The van der Waals surface area contributed by atoms with Gasteiger partial charge in [0.05, 0.1) is 12.6 Å². The van der Waals surface area contributed by atoms with E-state index in [0.717, 1.165) is 12.4 Å². The molecule has 0 N–H and O–H groups in total. The highest BCUT2D eigenvalue weighted by atomic mass is 15.6. The quantitative estimate of drug-likeness (QED) is 0.773. The van der Waals surface area contributed by atoms with Crippen LogP contribution in [-0.2, 0) is 6.54 Å². The van der Waals surface area contributed by atoms with Crippen molar-refractivity contribution in [3.63, 3.8) is 0 Å². The van der Waals surface area contributed by atoms with Gasteiger partial charge in [0.15, 0.2) is 5.82 Å². The molecule has 1 saturated heterocycles. The average molecular weight is 221 g/mol. The van der Waals surface area contributed by atoms with Crippen LogP contribution in [-0.4, -0.2) is 37.7 Å². The summed E-state index contributed by atoms with van der Waals surface area (Å²) >= 11 is 0. The van der Waals surface area contributed by atoms with E-state index in [2.05, 4.69) is 27.3 Å². The molecular formula is C11H19N5. The lowest BCUT2D eigenvalue weighted by atomic mass is 10.0. The van der Waals surface area contributed by atoms with Crippen LogP contribution in [0.5, 0.6) is 0 Å². The normalized spacial score (nSPS) is 27.2. The van der Waals surface area contributed by atoms with Gasteiger partial charge in [0, 0.05) is 6.04 Å². The first-order valence-corrected chi connectivity index (χ1v) is 6.35. The molecule has 0 aromatic carbocycles. The summed E-state index contributed by atoms with van der Waals surface area (Å²) < 4.78 is 2.03. The van der Waals surface area contributed by atoms with Gasteiger partial charge in [0.25, 0.3) is 0 Å². The molecule has 0 unspecified atom stereocenters. The zero-order chi connectivity index (χ0) is 11.0. The van der Waals surface area contributed by atoms with E-state index in [1.165, 1.54) is 38.6 Å². The lowest BCUT2D eigenvalue weighted by molar-refractivity contribution is 0.146. The summed E-state index contributed by atoms with van der Waals surface area (Å²) in [5.74, 6) is 1.05. The van der Waals surface area contributed by atoms with Crippen LogP contribution < -0.4 is 0 Å². The van der Waals surface area contributed by atoms with Crippen LogP contribution in [0.15, 0.2) is 0 Å². The average Bonchev–Trinajstić information content (AvgIpc) is 3.03. The Balaban J connectivity index is 1.70. The minimum atomic E-state index is 0.588. The highest BCUT2D eigenvalue weighted by Gasteiger charge is 2.29. The van der Waals surface area contributed by atoms with Crippen LogP contribution in [0.1, 0.15) is 50.9 Å². The number of likely N-dealkylation sites (tertiary alicyclic amines) is 1. The van der Waals surface area contributed by atoms with Crippen molar-refractivity contribution in [2.45, 2.75) is 57.7 Å². The molecule has 0 bridgehead atoms. The van der Waals surface area contributed by atoms with Gasteiger partial charge < -0.3 is 0 Å². The van der Waals surface area contributed by atoms with E-state index in [4.69, 9.17) is 0 Å². The zero-order valence-corrected chi connectivity index (χ0v) is 9.84. The van der Waals surface area contributed by atoms with Gasteiger partial charge in [0.1, 0.15) is 0 Å². The highest BCUT2D eigenvalue weighted by molar-refractivity contribution is 4.91. The third-order valence-corrected chi connectivity index (χ3v) is 3.74. The fourth-order valence-corrected chi connectivity index (χ4v) is 2.49. The first kappa shape index (κ1) is 10.2. The monoisotopic (exact) mass is 221 g/mol. The van der Waals surface area contributed by atoms with Crippen molar-refractivity contribution in [3.05, 3.63) is 5.82 Å². The highest BCUT2D eigenvalue weighted by Crippen LogP contribution is 2.34. The van der Waals surface area contributed by atoms with Gasteiger partial charge in [-0.05, 0) is 49.6 Å². The molecule has 5 heteroatoms. The number of tetrazole rings is 1. The molecule has 1 saturated carbocycles. The molecular weight excluding hydrogens is 202 g/mol. The summed E-state index contributed by atoms with van der Waals surface area (Å²) in [6.45, 7) is 4.42. The van der Waals surface area contributed by atoms with Crippen molar-refractivity contribution in [2.75, 3.05) is 6.54 Å². The van der Waals surface area contributed by atoms with Gasteiger partial charge in [-0.15, -0.1) is 5.10 Å². The van der Waals surface area contributed by atoms with Gasteiger partial charge >= 0.3 is 0 Å². The molecule has 1 aromatic rings. The summed E-state index contributed by atoms with van der Waals surface area (Å²) in [4.78, 5) is 2.51.